The van der Waals surface area contributed by atoms with Crippen molar-refractivity contribution in [1.29, 1.82) is 0 Å². The standard InChI is InChI=1S/C21H27N5S/c1-17(19-7-5-4-6-8-19)11-14-25(2)15-20-23-24-21(26(20)3)27-16-18-9-12-22-13-10-18/h4-10,12-13,17H,11,14-16H2,1-3H3. The van der Waals surface area contributed by atoms with Gasteiger partial charge >= 0.3 is 0 Å². The summed E-state index contributed by atoms with van der Waals surface area (Å²) < 4.78 is 2.10. The lowest BCUT2D eigenvalue weighted by atomic mass is 9.98. The third kappa shape index (κ3) is 5.65. The Bertz CT molecular complexity index is 819. The molecule has 0 amide bonds. The van der Waals surface area contributed by atoms with Gasteiger partial charge in [0.15, 0.2) is 5.16 Å². The van der Waals surface area contributed by atoms with Gasteiger partial charge in [0.25, 0.3) is 0 Å². The molecule has 0 aliphatic rings. The second-order valence-electron chi connectivity index (χ2n) is 6.94. The summed E-state index contributed by atoms with van der Waals surface area (Å²) in [5.41, 5.74) is 2.64. The molecule has 0 fully saturated rings. The fraction of sp³-hybridized carbons (Fsp3) is 0.381. The van der Waals surface area contributed by atoms with E-state index in [2.05, 4.69) is 69.0 Å². The molecule has 27 heavy (non-hydrogen) atoms. The normalized spacial score (nSPS) is 12.4. The molecule has 6 heteroatoms. The zero-order chi connectivity index (χ0) is 19.1. The van der Waals surface area contributed by atoms with Gasteiger partial charge in [-0.1, -0.05) is 49.0 Å². The van der Waals surface area contributed by atoms with Crippen LogP contribution >= 0.6 is 11.8 Å². The second-order valence-corrected chi connectivity index (χ2v) is 7.88. The van der Waals surface area contributed by atoms with Gasteiger partial charge in [0.2, 0.25) is 0 Å². The maximum Gasteiger partial charge on any atom is 0.191 e. The largest absolute Gasteiger partial charge is 0.308 e. The molecule has 0 spiro atoms. The smallest absolute Gasteiger partial charge is 0.191 e. The molecule has 1 atom stereocenters. The van der Waals surface area contributed by atoms with Crippen LogP contribution in [-0.4, -0.2) is 38.2 Å². The summed E-state index contributed by atoms with van der Waals surface area (Å²) in [6.45, 7) is 4.13. The molecule has 0 saturated heterocycles. The van der Waals surface area contributed by atoms with Crippen LogP contribution in [0.2, 0.25) is 0 Å². The molecule has 2 aromatic heterocycles. The summed E-state index contributed by atoms with van der Waals surface area (Å²) in [6, 6.07) is 14.8. The second kappa shape index (κ2) is 9.67. The van der Waals surface area contributed by atoms with Crippen molar-refractivity contribution < 1.29 is 0 Å². The number of pyridine rings is 1. The van der Waals surface area contributed by atoms with Crippen LogP contribution in [-0.2, 0) is 19.3 Å². The fourth-order valence-corrected chi connectivity index (χ4v) is 3.80. The van der Waals surface area contributed by atoms with Crippen LogP contribution in [0.1, 0.15) is 36.2 Å². The van der Waals surface area contributed by atoms with Gasteiger partial charge in [-0.3, -0.25) is 9.88 Å². The van der Waals surface area contributed by atoms with E-state index in [1.807, 2.05) is 31.6 Å². The van der Waals surface area contributed by atoms with Crippen LogP contribution < -0.4 is 0 Å². The highest BCUT2D eigenvalue weighted by atomic mass is 32.2. The molecule has 3 aromatic rings. The Hall–Kier alpha value is -2.18. The van der Waals surface area contributed by atoms with Crippen molar-refractivity contribution in [1.82, 2.24) is 24.6 Å². The average molecular weight is 382 g/mol. The summed E-state index contributed by atoms with van der Waals surface area (Å²) in [4.78, 5) is 6.38. The van der Waals surface area contributed by atoms with Crippen LogP contribution in [0.5, 0.6) is 0 Å². The molecule has 0 aliphatic heterocycles. The number of nitrogens with zero attached hydrogens (tertiary/aromatic N) is 5. The minimum atomic E-state index is 0.555. The van der Waals surface area contributed by atoms with E-state index >= 15 is 0 Å². The molecule has 3 rings (SSSR count). The van der Waals surface area contributed by atoms with Gasteiger partial charge in [-0.25, -0.2) is 0 Å². The number of aromatic nitrogens is 4. The highest BCUT2D eigenvalue weighted by molar-refractivity contribution is 7.98. The first-order valence-electron chi connectivity index (χ1n) is 9.27. The Morgan fingerprint density at radius 2 is 1.81 bits per heavy atom. The van der Waals surface area contributed by atoms with Crippen molar-refractivity contribution in [3.63, 3.8) is 0 Å². The lowest BCUT2D eigenvalue weighted by Crippen LogP contribution is -2.22. The maximum atomic E-state index is 4.39. The zero-order valence-corrected chi connectivity index (χ0v) is 17.1. The van der Waals surface area contributed by atoms with E-state index in [9.17, 15) is 0 Å². The molecule has 2 heterocycles. The summed E-state index contributed by atoms with van der Waals surface area (Å²) in [5, 5.41) is 9.70. The first kappa shape index (κ1) is 19.6. The third-order valence-electron chi connectivity index (χ3n) is 4.77. The van der Waals surface area contributed by atoms with Gasteiger partial charge in [0.1, 0.15) is 5.82 Å². The number of hydrogen-bond donors (Lipinski definition) is 0. The molecule has 5 nitrogen and oxygen atoms in total. The zero-order valence-electron chi connectivity index (χ0n) is 16.2. The van der Waals surface area contributed by atoms with Crippen molar-refractivity contribution >= 4 is 11.8 Å². The Labute approximate surface area is 165 Å². The van der Waals surface area contributed by atoms with Gasteiger partial charge in [-0.05, 0) is 49.2 Å². The SMILES string of the molecule is CC(CCN(C)Cc1nnc(SCc2ccncc2)n1C)c1ccccc1. The average Bonchev–Trinajstić information content (AvgIpc) is 3.05. The Kier molecular flexibility index (Phi) is 7.01. The lowest BCUT2D eigenvalue weighted by molar-refractivity contribution is 0.301. The van der Waals surface area contributed by atoms with E-state index in [0.29, 0.717) is 5.92 Å². The summed E-state index contributed by atoms with van der Waals surface area (Å²) in [5.74, 6) is 2.43. The highest BCUT2D eigenvalue weighted by Crippen LogP contribution is 2.22. The van der Waals surface area contributed by atoms with Crippen molar-refractivity contribution in [2.75, 3.05) is 13.6 Å². The number of thioether (sulfide) groups is 1. The minimum Gasteiger partial charge on any atom is -0.308 e. The van der Waals surface area contributed by atoms with E-state index in [0.717, 1.165) is 36.2 Å². The van der Waals surface area contributed by atoms with Crippen LogP contribution in [0.3, 0.4) is 0 Å². The summed E-state index contributed by atoms with van der Waals surface area (Å²) in [6.07, 6.45) is 4.77. The Morgan fingerprint density at radius 3 is 2.56 bits per heavy atom. The Balaban J connectivity index is 1.49. The van der Waals surface area contributed by atoms with Crippen LogP contribution in [0, 0.1) is 0 Å². The molecule has 0 aliphatic carbocycles. The molecule has 142 valence electrons. The summed E-state index contributed by atoms with van der Waals surface area (Å²) in [7, 11) is 4.20. The van der Waals surface area contributed by atoms with E-state index in [1.165, 1.54) is 11.1 Å². The van der Waals surface area contributed by atoms with Gasteiger partial charge in [0, 0.05) is 25.2 Å². The van der Waals surface area contributed by atoms with E-state index in [1.54, 1.807) is 11.8 Å². The topological polar surface area (TPSA) is 46.8 Å². The van der Waals surface area contributed by atoms with Crippen molar-refractivity contribution in [3.05, 3.63) is 71.8 Å². The van der Waals surface area contributed by atoms with Crippen molar-refractivity contribution in [3.8, 4) is 0 Å². The number of rotatable bonds is 9. The lowest BCUT2D eigenvalue weighted by Gasteiger charge is -2.19. The quantitative estimate of drug-likeness (QED) is 0.522. The van der Waals surface area contributed by atoms with Gasteiger partial charge in [-0.15, -0.1) is 10.2 Å². The van der Waals surface area contributed by atoms with Crippen LogP contribution in [0.25, 0.3) is 0 Å². The fourth-order valence-electron chi connectivity index (χ4n) is 2.92. The van der Waals surface area contributed by atoms with E-state index < -0.39 is 0 Å². The summed E-state index contributed by atoms with van der Waals surface area (Å²) >= 11 is 1.71. The number of hydrogen-bond acceptors (Lipinski definition) is 5. The predicted molar refractivity (Wildman–Crippen MR) is 111 cm³/mol. The van der Waals surface area contributed by atoms with Gasteiger partial charge in [-0.2, -0.15) is 0 Å². The first-order chi connectivity index (χ1) is 13.1. The first-order valence-corrected chi connectivity index (χ1v) is 10.3. The van der Waals surface area contributed by atoms with Crippen LogP contribution in [0.15, 0.2) is 60.0 Å². The Morgan fingerprint density at radius 1 is 1.07 bits per heavy atom. The predicted octanol–water partition coefficient (Wildman–Crippen LogP) is 4.13. The van der Waals surface area contributed by atoms with Crippen molar-refractivity contribution in [2.45, 2.75) is 36.7 Å². The monoisotopic (exact) mass is 381 g/mol. The molecule has 0 saturated carbocycles. The molecule has 0 radical (unpaired) electrons. The minimum absolute atomic E-state index is 0.555. The molecule has 1 unspecified atom stereocenters. The number of benzene rings is 1. The molecule has 0 N–H and O–H groups in total. The van der Waals surface area contributed by atoms with Crippen molar-refractivity contribution in [2.24, 2.45) is 7.05 Å². The third-order valence-corrected chi connectivity index (χ3v) is 5.86. The van der Waals surface area contributed by atoms with Crippen LogP contribution in [0.4, 0.5) is 0 Å². The van der Waals surface area contributed by atoms with E-state index in [4.69, 9.17) is 0 Å². The maximum absolute atomic E-state index is 4.39. The molecular weight excluding hydrogens is 354 g/mol. The molecule has 1 aromatic carbocycles. The van der Waals surface area contributed by atoms with E-state index in [-0.39, 0.29) is 0 Å². The van der Waals surface area contributed by atoms with Gasteiger partial charge < -0.3 is 4.57 Å². The molecule has 0 bridgehead atoms. The highest BCUT2D eigenvalue weighted by Gasteiger charge is 2.13. The molecular formula is C21H27N5S. The van der Waals surface area contributed by atoms with Gasteiger partial charge in [0.05, 0.1) is 6.54 Å².